The van der Waals surface area contributed by atoms with Gasteiger partial charge in [-0.25, -0.2) is 0 Å². The van der Waals surface area contributed by atoms with Crippen molar-refractivity contribution in [2.75, 3.05) is 18.6 Å². The van der Waals surface area contributed by atoms with Crippen molar-refractivity contribution in [1.82, 2.24) is 5.32 Å². The smallest absolute Gasteiger partial charge is 0.251 e. The van der Waals surface area contributed by atoms with Gasteiger partial charge in [0.15, 0.2) is 0 Å². The van der Waals surface area contributed by atoms with E-state index < -0.39 is 10.8 Å². The van der Waals surface area contributed by atoms with E-state index >= 15 is 0 Å². The van der Waals surface area contributed by atoms with Crippen LogP contribution in [0.4, 0.5) is 0 Å². The van der Waals surface area contributed by atoms with Crippen LogP contribution in [0.25, 0.3) is 0 Å². The molecule has 0 radical (unpaired) electrons. The van der Waals surface area contributed by atoms with Crippen molar-refractivity contribution in [3.05, 3.63) is 35.4 Å². The van der Waals surface area contributed by atoms with Gasteiger partial charge in [0.1, 0.15) is 0 Å². The monoisotopic (exact) mass is 292 g/mol. The summed E-state index contributed by atoms with van der Waals surface area (Å²) in [6.07, 6.45) is 2.36. The van der Waals surface area contributed by atoms with Crippen LogP contribution in [0.2, 0.25) is 0 Å². The molecule has 2 atom stereocenters. The van der Waals surface area contributed by atoms with Gasteiger partial charge in [0.05, 0.1) is 6.54 Å². The maximum absolute atomic E-state index is 12.1. The molecule has 2 unspecified atom stereocenters. The lowest BCUT2D eigenvalue weighted by molar-refractivity contribution is 0.0939. The molecule has 0 spiro atoms. The summed E-state index contributed by atoms with van der Waals surface area (Å²) < 4.78 is 11.0. The van der Waals surface area contributed by atoms with Crippen molar-refractivity contribution in [3.63, 3.8) is 0 Å². The van der Waals surface area contributed by atoms with Crippen molar-refractivity contribution in [2.45, 2.75) is 19.4 Å². The maximum atomic E-state index is 12.1. The van der Waals surface area contributed by atoms with E-state index in [2.05, 4.69) is 17.2 Å². The van der Waals surface area contributed by atoms with Crippen molar-refractivity contribution in [3.8, 4) is 11.8 Å². The Kier molecular flexibility index (Phi) is 6.99. The average molecular weight is 292 g/mol. The van der Waals surface area contributed by atoms with E-state index in [0.717, 1.165) is 5.56 Å². The topological polar surface area (TPSA) is 72.2 Å². The largest absolute Gasteiger partial charge is 0.350 e. The summed E-state index contributed by atoms with van der Waals surface area (Å²) in [5.41, 5.74) is 6.66. The molecular weight excluding hydrogens is 272 g/mol. The summed E-state index contributed by atoms with van der Waals surface area (Å²) in [7, 11) is -0.834. The molecule has 0 fully saturated rings. The fourth-order valence-corrected chi connectivity index (χ4v) is 2.30. The van der Waals surface area contributed by atoms with Crippen molar-refractivity contribution in [2.24, 2.45) is 5.73 Å². The number of hydrogen-bond donors (Lipinski definition) is 2. The lowest BCUT2D eigenvalue weighted by atomic mass is 10.1. The Morgan fingerprint density at radius 2 is 2.25 bits per heavy atom. The van der Waals surface area contributed by atoms with E-state index in [4.69, 9.17) is 5.73 Å². The van der Waals surface area contributed by atoms with Crippen LogP contribution in [-0.4, -0.2) is 34.7 Å². The maximum Gasteiger partial charge on any atom is 0.251 e. The molecule has 0 saturated carbocycles. The molecule has 0 heterocycles. The van der Waals surface area contributed by atoms with E-state index in [1.54, 1.807) is 24.5 Å². The van der Waals surface area contributed by atoms with Gasteiger partial charge < -0.3 is 11.1 Å². The molecule has 1 amide bonds. The number of nitrogens with one attached hydrogen (secondary N) is 1. The van der Waals surface area contributed by atoms with Crippen LogP contribution in [-0.2, 0) is 10.8 Å². The third-order valence-electron chi connectivity index (χ3n) is 2.68. The molecule has 3 N–H and O–H groups in total. The van der Waals surface area contributed by atoms with E-state index in [1.165, 1.54) is 0 Å². The number of amides is 1. The Labute approximate surface area is 122 Å². The predicted molar refractivity (Wildman–Crippen MR) is 82.9 cm³/mol. The second-order valence-electron chi connectivity index (χ2n) is 4.53. The summed E-state index contributed by atoms with van der Waals surface area (Å²) >= 11 is 0. The minimum absolute atomic E-state index is 0.00909. The number of carbonyl (C=O) groups excluding carboxylic acids is 1. The molecule has 5 heteroatoms. The Balaban J connectivity index is 2.65. The molecule has 0 aliphatic carbocycles. The zero-order valence-corrected chi connectivity index (χ0v) is 12.6. The fraction of sp³-hybridized carbons (Fsp3) is 0.400. The molecule has 108 valence electrons. The van der Waals surface area contributed by atoms with Gasteiger partial charge >= 0.3 is 0 Å². The number of carbonyl (C=O) groups is 1. The van der Waals surface area contributed by atoms with E-state index in [0.29, 0.717) is 24.3 Å². The Morgan fingerprint density at radius 1 is 1.50 bits per heavy atom. The number of hydrogen-bond acceptors (Lipinski definition) is 3. The van der Waals surface area contributed by atoms with Crippen LogP contribution >= 0.6 is 0 Å². The van der Waals surface area contributed by atoms with Gasteiger partial charge in [-0.3, -0.25) is 9.00 Å². The molecule has 4 nitrogen and oxygen atoms in total. The molecule has 1 aromatic carbocycles. The summed E-state index contributed by atoms with van der Waals surface area (Å²) in [5.74, 6) is 6.10. The highest BCUT2D eigenvalue weighted by Crippen LogP contribution is 2.05. The SMILES string of the molecule is CC(CCS(C)=O)NC(=O)c1cccc(C#CCN)c1. The molecule has 0 saturated heterocycles. The normalized spacial score (nSPS) is 12.9. The van der Waals surface area contributed by atoms with Gasteiger partial charge in [-0.2, -0.15) is 0 Å². The Bertz CT molecular complexity index is 546. The molecule has 0 aliphatic rings. The average Bonchev–Trinajstić information content (AvgIpc) is 2.43. The number of rotatable bonds is 5. The van der Waals surface area contributed by atoms with E-state index in [-0.39, 0.29) is 11.9 Å². The van der Waals surface area contributed by atoms with Crippen LogP contribution in [0.3, 0.4) is 0 Å². The number of benzene rings is 1. The van der Waals surface area contributed by atoms with Gasteiger partial charge in [0.2, 0.25) is 0 Å². The van der Waals surface area contributed by atoms with Gasteiger partial charge in [-0.1, -0.05) is 17.9 Å². The minimum Gasteiger partial charge on any atom is -0.350 e. The van der Waals surface area contributed by atoms with Gasteiger partial charge in [-0.15, -0.1) is 0 Å². The van der Waals surface area contributed by atoms with Crippen molar-refractivity contribution >= 4 is 16.7 Å². The minimum atomic E-state index is -0.834. The number of nitrogens with two attached hydrogens (primary N) is 1. The summed E-state index contributed by atoms with van der Waals surface area (Å²) in [4.78, 5) is 12.1. The molecule has 1 rings (SSSR count). The first-order chi connectivity index (χ1) is 9.52. The van der Waals surface area contributed by atoms with Gasteiger partial charge in [-0.05, 0) is 31.5 Å². The molecule has 0 aromatic heterocycles. The lowest BCUT2D eigenvalue weighted by Gasteiger charge is -2.13. The van der Waals surface area contributed by atoms with E-state index in [9.17, 15) is 9.00 Å². The molecule has 0 aliphatic heterocycles. The molecular formula is C15H20N2O2S. The molecule has 1 aromatic rings. The first-order valence-corrected chi connectivity index (χ1v) is 8.15. The van der Waals surface area contributed by atoms with Crippen molar-refractivity contribution in [1.29, 1.82) is 0 Å². The fourth-order valence-electron chi connectivity index (χ4n) is 1.61. The summed E-state index contributed by atoms with van der Waals surface area (Å²) in [6, 6.07) is 7.10. The third kappa shape index (κ3) is 6.00. The second-order valence-corrected chi connectivity index (χ2v) is 6.08. The molecule has 0 bridgehead atoms. The predicted octanol–water partition coefficient (Wildman–Crippen LogP) is 0.884. The third-order valence-corrected chi connectivity index (χ3v) is 3.49. The molecule has 20 heavy (non-hydrogen) atoms. The Morgan fingerprint density at radius 3 is 2.90 bits per heavy atom. The standard InChI is InChI=1S/C15H20N2O2S/c1-12(8-10-20(2)19)17-15(18)14-7-3-5-13(11-14)6-4-9-16/h3,5,7,11-12H,8-10,16H2,1-2H3,(H,17,18). The van der Waals surface area contributed by atoms with Crippen LogP contribution < -0.4 is 11.1 Å². The van der Waals surface area contributed by atoms with Crippen LogP contribution in [0.5, 0.6) is 0 Å². The van der Waals surface area contributed by atoms with Crippen LogP contribution in [0, 0.1) is 11.8 Å². The highest BCUT2D eigenvalue weighted by Gasteiger charge is 2.10. The highest BCUT2D eigenvalue weighted by atomic mass is 32.2. The highest BCUT2D eigenvalue weighted by molar-refractivity contribution is 7.84. The second kappa shape index (κ2) is 8.51. The van der Waals surface area contributed by atoms with Crippen LogP contribution in [0.15, 0.2) is 24.3 Å². The van der Waals surface area contributed by atoms with Gasteiger partial charge in [0, 0.05) is 40.0 Å². The lowest BCUT2D eigenvalue weighted by Crippen LogP contribution is -2.33. The Hall–Kier alpha value is -1.64. The summed E-state index contributed by atoms with van der Waals surface area (Å²) in [6.45, 7) is 2.20. The first-order valence-electron chi connectivity index (χ1n) is 6.43. The first kappa shape index (κ1) is 16.4. The van der Waals surface area contributed by atoms with E-state index in [1.807, 2.05) is 13.0 Å². The van der Waals surface area contributed by atoms with Gasteiger partial charge in [0.25, 0.3) is 5.91 Å². The van der Waals surface area contributed by atoms with Crippen LogP contribution in [0.1, 0.15) is 29.3 Å². The zero-order chi connectivity index (χ0) is 15.0. The quantitative estimate of drug-likeness (QED) is 0.792. The summed E-state index contributed by atoms with van der Waals surface area (Å²) in [5, 5.41) is 2.89. The van der Waals surface area contributed by atoms with Crippen molar-refractivity contribution < 1.29 is 9.00 Å². The zero-order valence-electron chi connectivity index (χ0n) is 11.8.